The van der Waals surface area contributed by atoms with Gasteiger partial charge in [0, 0.05) is 27.7 Å². The highest BCUT2D eigenvalue weighted by Crippen LogP contribution is 2.29. The zero-order chi connectivity index (χ0) is 21.4. The zero-order valence-corrected chi connectivity index (χ0v) is 15.7. The molecule has 12 nitrogen and oxygen atoms in total. The summed E-state index contributed by atoms with van der Waals surface area (Å²) in [5.74, 6) is -4.39. The number of hydrogen-bond acceptors (Lipinski definition) is 11. The van der Waals surface area contributed by atoms with Gasteiger partial charge < -0.3 is 33.5 Å². The smallest absolute Gasteiger partial charge is 0.329 e. The molecule has 1 rings (SSSR count). The molecule has 0 radical (unpaired) electrons. The van der Waals surface area contributed by atoms with Crippen LogP contribution in [0.25, 0.3) is 0 Å². The molecule has 1 fully saturated rings. The molecule has 0 aromatic carbocycles. The van der Waals surface area contributed by atoms with E-state index in [1.54, 1.807) is 0 Å². The lowest BCUT2D eigenvalue weighted by molar-refractivity contribution is -0.307. The summed E-state index contributed by atoms with van der Waals surface area (Å²) in [6.07, 6.45) is -6.87. The predicted molar refractivity (Wildman–Crippen MR) is 85.5 cm³/mol. The number of rotatable bonds is 8. The van der Waals surface area contributed by atoms with Gasteiger partial charge in [0.25, 0.3) is 0 Å². The molecule has 158 valence electrons. The van der Waals surface area contributed by atoms with E-state index in [-0.39, 0.29) is 0 Å². The Hall–Kier alpha value is -2.73. The summed E-state index contributed by atoms with van der Waals surface area (Å²) in [4.78, 5) is 56.5. The summed E-state index contributed by atoms with van der Waals surface area (Å²) in [6, 6.07) is 0. The Morgan fingerprint density at radius 3 is 1.75 bits per heavy atom. The van der Waals surface area contributed by atoms with Gasteiger partial charge in [-0.25, -0.2) is 4.79 Å². The Morgan fingerprint density at radius 2 is 1.29 bits per heavy atom. The maximum atomic E-state index is 11.6. The molecule has 0 amide bonds. The van der Waals surface area contributed by atoms with Crippen molar-refractivity contribution >= 4 is 29.8 Å². The third-order valence-electron chi connectivity index (χ3n) is 3.32. The van der Waals surface area contributed by atoms with Gasteiger partial charge in [-0.3, -0.25) is 19.2 Å². The first-order valence-corrected chi connectivity index (χ1v) is 8.15. The summed E-state index contributed by atoms with van der Waals surface area (Å²) in [6.45, 7) is 3.09. The first-order valence-electron chi connectivity index (χ1n) is 8.15. The van der Waals surface area contributed by atoms with Crippen LogP contribution in [0.5, 0.6) is 0 Å². The Bertz CT molecular complexity index is 571. The van der Waals surface area contributed by atoms with Crippen molar-refractivity contribution in [3.8, 4) is 0 Å². The third-order valence-corrected chi connectivity index (χ3v) is 3.32. The standard InChI is InChI=1S/C16H22O12/c1-7(17)23-5-11-13(25-8(2)18)14(26-9(3)19)15(27-10(4)20)16(28-11)24-6-12(21)22/h11,13-16H,5-6H2,1-4H3,(H,21,22)/t11-,13-,14+,15-,16?/m1/s1. The second-order valence-electron chi connectivity index (χ2n) is 5.77. The first-order chi connectivity index (χ1) is 13.0. The molecule has 12 heteroatoms. The lowest BCUT2D eigenvalue weighted by Crippen LogP contribution is -2.63. The molecule has 1 aliphatic rings. The van der Waals surface area contributed by atoms with Gasteiger partial charge in [-0.05, 0) is 0 Å². The van der Waals surface area contributed by atoms with Crippen LogP contribution in [-0.4, -0.2) is 78.9 Å². The third kappa shape index (κ3) is 7.48. The maximum Gasteiger partial charge on any atom is 0.329 e. The fraction of sp³-hybridized carbons (Fsp3) is 0.688. The van der Waals surface area contributed by atoms with Crippen LogP contribution in [0, 0.1) is 0 Å². The van der Waals surface area contributed by atoms with Gasteiger partial charge in [0.05, 0.1) is 0 Å². The monoisotopic (exact) mass is 406 g/mol. The lowest BCUT2D eigenvalue weighted by atomic mass is 9.98. The molecule has 0 saturated carbocycles. The molecule has 1 saturated heterocycles. The van der Waals surface area contributed by atoms with Crippen LogP contribution in [0.4, 0.5) is 0 Å². The minimum atomic E-state index is -1.50. The normalized spacial score (nSPS) is 26.6. The van der Waals surface area contributed by atoms with Gasteiger partial charge >= 0.3 is 29.8 Å². The first kappa shape index (κ1) is 23.3. The Labute approximate surface area is 159 Å². The van der Waals surface area contributed by atoms with Gasteiger partial charge in [0.2, 0.25) is 0 Å². The minimum absolute atomic E-state index is 0.426. The van der Waals surface area contributed by atoms with Crippen molar-refractivity contribution in [3.63, 3.8) is 0 Å². The molecule has 0 aliphatic carbocycles. The van der Waals surface area contributed by atoms with Crippen molar-refractivity contribution in [3.05, 3.63) is 0 Å². The van der Waals surface area contributed by atoms with Crippen molar-refractivity contribution in [1.82, 2.24) is 0 Å². The Morgan fingerprint density at radius 1 is 0.786 bits per heavy atom. The van der Waals surface area contributed by atoms with Crippen LogP contribution in [-0.2, 0) is 52.4 Å². The fourth-order valence-electron chi connectivity index (χ4n) is 2.48. The fourth-order valence-corrected chi connectivity index (χ4v) is 2.48. The summed E-state index contributed by atoms with van der Waals surface area (Å²) < 4.78 is 30.8. The van der Waals surface area contributed by atoms with E-state index >= 15 is 0 Å². The molecule has 1 heterocycles. The maximum absolute atomic E-state index is 11.6. The number of esters is 4. The number of carboxylic acids is 1. The lowest BCUT2D eigenvalue weighted by Gasteiger charge is -2.43. The number of carbonyl (C=O) groups excluding carboxylic acids is 4. The van der Waals surface area contributed by atoms with E-state index in [4.69, 9.17) is 33.5 Å². The summed E-state index contributed by atoms with van der Waals surface area (Å²) in [7, 11) is 0. The van der Waals surface area contributed by atoms with Crippen LogP contribution >= 0.6 is 0 Å². The molecule has 0 aromatic heterocycles. The largest absolute Gasteiger partial charge is 0.480 e. The molecular formula is C16H22O12. The number of aliphatic carboxylic acids is 1. The van der Waals surface area contributed by atoms with Crippen molar-refractivity contribution in [2.24, 2.45) is 0 Å². The van der Waals surface area contributed by atoms with Gasteiger partial charge in [-0.1, -0.05) is 0 Å². The van der Waals surface area contributed by atoms with Crippen molar-refractivity contribution < 1.29 is 57.5 Å². The summed E-state index contributed by atoms with van der Waals surface area (Å²) in [5, 5.41) is 8.82. The van der Waals surface area contributed by atoms with E-state index in [9.17, 15) is 24.0 Å². The van der Waals surface area contributed by atoms with E-state index in [1.807, 2.05) is 0 Å². The number of carboxylic acid groups (broad SMARTS) is 1. The molecule has 5 atom stereocenters. The number of carbonyl (C=O) groups is 5. The Kier molecular flexibility index (Phi) is 8.79. The van der Waals surface area contributed by atoms with Crippen molar-refractivity contribution in [2.75, 3.05) is 13.2 Å². The van der Waals surface area contributed by atoms with Crippen molar-refractivity contribution in [2.45, 2.75) is 58.4 Å². The predicted octanol–water partition coefficient (Wildman–Crippen LogP) is -0.829. The van der Waals surface area contributed by atoms with Gasteiger partial charge in [-0.2, -0.15) is 0 Å². The highest BCUT2D eigenvalue weighted by Gasteiger charge is 2.52. The van der Waals surface area contributed by atoms with E-state index in [1.165, 1.54) is 0 Å². The van der Waals surface area contributed by atoms with Crippen molar-refractivity contribution in [1.29, 1.82) is 0 Å². The Balaban J connectivity index is 3.26. The van der Waals surface area contributed by atoms with Crippen LogP contribution < -0.4 is 0 Å². The molecule has 28 heavy (non-hydrogen) atoms. The molecule has 1 aliphatic heterocycles. The molecule has 1 unspecified atom stereocenters. The quantitative estimate of drug-likeness (QED) is 0.394. The van der Waals surface area contributed by atoms with E-state index in [0.29, 0.717) is 0 Å². The second kappa shape index (κ2) is 10.6. The topological polar surface area (TPSA) is 161 Å². The average Bonchev–Trinajstić information content (AvgIpc) is 2.54. The van der Waals surface area contributed by atoms with Crippen LogP contribution in [0.15, 0.2) is 0 Å². The van der Waals surface area contributed by atoms with Crippen LogP contribution in [0.1, 0.15) is 27.7 Å². The number of ether oxygens (including phenoxy) is 6. The minimum Gasteiger partial charge on any atom is -0.480 e. The van der Waals surface area contributed by atoms with Gasteiger partial charge in [0.1, 0.15) is 19.3 Å². The SMILES string of the molecule is CC(=O)OC[C@H]1OC(OCC(=O)O)[C@H](OC(C)=O)[C@@H](OC(C)=O)[C@@H]1OC(C)=O. The van der Waals surface area contributed by atoms with E-state index < -0.39 is 73.8 Å². The van der Waals surface area contributed by atoms with E-state index in [0.717, 1.165) is 27.7 Å². The molecule has 0 spiro atoms. The number of hydrogen-bond donors (Lipinski definition) is 1. The second-order valence-corrected chi connectivity index (χ2v) is 5.77. The molecular weight excluding hydrogens is 384 g/mol. The molecule has 0 aromatic rings. The van der Waals surface area contributed by atoms with Crippen LogP contribution in [0.3, 0.4) is 0 Å². The summed E-state index contributed by atoms with van der Waals surface area (Å²) >= 11 is 0. The summed E-state index contributed by atoms with van der Waals surface area (Å²) in [5.41, 5.74) is 0. The van der Waals surface area contributed by atoms with E-state index in [2.05, 4.69) is 0 Å². The zero-order valence-electron chi connectivity index (χ0n) is 15.7. The van der Waals surface area contributed by atoms with Crippen LogP contribution in [0.2, 0.25) is 0 Å². The highest BCUT2D eigenvalue weighted by molar-refractivity contribution is 5.69. The average molecular weight is 406 g/mol. The molecule has 1 N–H and O–H groups in total. The molecule has 0 bridgehead atoms. The van der Waals surface area contributed by atoms with Gasteiger partial charge in [-0.15, -0.1) is 0 Å². The highest BCUT2D eigenvalue weighted by atomic mass is 16.7. The van der Waals surface area contributed by atoms with Gasteiger partial charge in [0.15, 0.2) is 24.6 Å².